The number of halogens is 1. The molecule has 4 heteroatoms. The molecule has 0 saturated carbocycles. The van der Waals surface area contributed by atoms with E-state index in [1.807, 2.05) is 23.9 Å². The van der Waals surface area contributed by atoms with Gasteiger partial charge in [0.05, 0.1) is 6.04 Å². The Morgan fingerprint density at radius 1 is 1.15 bits per heavy atom. The smallest absolute Gasteiger partial charge is 0.251 e. The highest BCUT2D eigenvalue weighted by Crippen LogP contribution is 2.35. The molecular formula is C16H14ClNOS. The molecule has 0 bridgehead atoms. The first-order chi connectivity index (χ1) is 9.74. The SMILES string of the molecule is O=C(N[C@H]1CCSc2ccccc21)c1ccc(Cl)cc1. The largest absolute Gasteiger partial charge is 0.345 e. The first-order valence-electron chi connectivity index (χ1n) is 6.52. The molecule has 1 aliphatic heterocycles. The monoisotopic (exact) mass is 303 g/mol. The topological polar surface area (TPSA) is 29.1 Å². The number of nitrogens with one attached hydrogen (secondary N) is 1. The van der Waals surface area contributed by atoms with Crippen molar-refractivity contribution in [1.29, 1.82) is 0 Å². The molecule has 2 nitrogen and oxygen atoms in total. The zero-order chi connectivity index (χ0) is 13.9. The van der Waals surface area contributed by atoms with Gasteiger partial charge in [0, 0.05) is 21.2 Å². The minimum absolute atomic E-state index is 0.0478. The maximum absolute atomic E-state index is 12.3. The lowest BCUT2D eigenvalue weighted by Gasteiger charge is -2.25. The van der Waals surface area contributed by atoms with Gasteiger partial charge >= 0.3 is 0 Å². The molecule has 3 rings (SSSR count). The lowest BCUT2D eigenvalue weighted by atomic mass is 10.0. The van der Waals surface area contributed by atoms with Gasteiger partial charge < -0.3 is 5.32 Å². The summed E-state index contributed by atoms with van der Waals surface area (Å²) in [5.41, 5.74) is 1.86. The number of fused-ring (bicyclic) bond motifs is 1. The Morgan fingerprint density at radius 3 is 2.70 bits per heavy atom. The number of hydrogen-bond acceptors (Lipinski definition) is 2. The summed E-state index contributed by atoms with van der Waals surface area (Å²) in [4.78, 5) is 13.5. The summed E-state index contributed by atoms with van der Waals surface area (Å²) >= 11 is 7.69. The van der Waals surface area contributed by atoms with Gasteiger partial charge in [-0.05, 0) is 42.3 Å². The first kappa shape index (κ1) is 13.5. The number of hydrogen-bond donors (Lipinski definition) is 1. The summed E-state index contributed by atoms with van der Waals surface area (Å²) in [5.74, 6) is 0.983. The van der Waals surface area contributed by atoms with Crippen LogP contribution in [0.15, 0.2) is 53.4 Å². The molecule has 102 valence electrons. The number of thioether (sulfide) groups is 1. The molecule has 2 aromatic rings. The van der Waals surface area contributed by atoms with Gasteiger partial charge in [-0.3, -0.25) is 4.79 Å². The molecule has 0 aliphatic carbocycles. The molecule has 0 fully saturated rings. The van der Waals surface area contributed by atoms with Crippen molar-refractivity contribution < 1.29 is 4.79 Å². The zero-order valence-corrected chi connectivity index (χ0v) is 12.4. The molecule has 20 heavy (non-hydrogen) atoms. The second kappa shape index (κ2) is 5.90. The fourth-order valence-corrected chi connectivity index (χ4v) is 3.59. The van der Waals surface area contributed by atoms with Crippen molar-refractivity contribution >= 4 is 29.3 Å². The lowest BCUT2D eigenvalue weighted by molar-refractivity contribution is 0.0935. The van der Waals surface area contributed by atoms with Crippen LogP contribution in [0, 0.1) is 0 Å². The average molecular weight is 304 g/mol. The van der Waals surface area contributed by atoms with Crippen LogP contribution in [0.25, 0.3) is 0 Å². The van der Waals surface area contributed by atoms with E-state index in [2.05, 4.69) is 17.4 Å². The number of rotatable bonds is 2. The summed E-state index contributed by atoms with van der Waals surface area (Å²) in [5, 5.41) is 3.76. The third-order valence-corrected chi connectivity index (χ3v) is 4.74. The first-order valence-corrected chi connectivity index (χ1v) is 7.88. The van der Waals surface area contributed by atoms with Crippen LogP contribution in [-0.2, 0) is 0 Å². The minimum Gasteiger partial charge on any atom is -0.345 e. The number of benzene rings is 2. The molecule has 0 spiro atoms. The van der Waals surface area contributed by atoms with E-state index in [1.54, 1.807) is 24.3 Å². The van der Waals surface area contributed by atoms with Crippen LogP contribution in [0.5, 0.6) is 0 Å². The van der Waals surface area contributed by atoms with Crippen LogP contribution in [0.2, 0.25) is 5.02 Å². The van der Waals surface area contributed by atoms with E-state index in [1.165, 1.54) is 10.5 Å². The third-order valence-electron chi connectivity index (χ3n) is 3.37. The van der Waals surface area contributed by atoms with Gasteiger partial charge in [-0.15, -0.1) is 11.8 Å². The maximum atomic E-state index is 12.3. The second-order valence-corrected chi connectivity index (χ2v) is 6.28. The van der Waals surface area contributed by atoms with Gasteiger partial charge in [0.25, 0.3) is 5.91 Å². The highest BCUT2D eigenvalue weighted by atomic mass is 35.5. The van der Waals surface area contributed by atoms with Crippen molar-refractivity contribution in [1.82, 2.24) is 5.32 Å². The Kier molecular flexibility index (Phi) is 3.99. The molecule has 2 aromatic carbocycles. The highest BCUT2D eigenvalue weighted by Gasteiger charge is 2.22. The summed E-state index contributed by atoms with van der Waals surface area (Å²) in [6.07, 6.45) is 0.959. The molecule has 1 atom stereocenters. The average Bonchev–Trinajstić information content (AvgIpc) is 2.48. The van der Waals surface area contributed by atoms with Crippen LogP contribution in [-0.4, -0.2) is 11.7 Å². The number of amides is 1. The van der Waals surface area contributed by atoms with Gasteiger partial charge in [-0.2, -0.15) is 0 Å². The Hall–Kier alpha value is -1.45. The Bertz CT molecular complexity index is 627. The molecule has 1 heterocycles. The fourth-order valence-electron chi connectivity index (χ4n) is 2.33. The zero-order valence-electron chi connectivity index (χ0n) is 10.8. The van der Waals surface area contributed by atoms with Crippen LogP contribution in [0.4, 0.5) is 0 Å². The van der Waals surface area contributed by atoms with E-state index in [0.29, 0.717) is 10.6 Å². The number of carbonyl (C=O) groups is 1. The van der Waals surface area contributed by atoms with E-state index in [4.69, 9.17) is 11.6 Å². The van der Waals surface area contributed by atoms with Gasteiger partial charge in [-0.25, -0.2) is 0 Å². The molecule has 1 amide bonds. The Morgan fingerprint density at radius 2 is 1.90 bits per heavy atom. The van der Waals surface area contributed by atoms with E-state index >= 15 is 0 Å². The van der Waals surface area contributed by atoms with Gasteiger partial charge in [-0.1, -0.05) is 29.8 Å². The fraction of sp³-hybridized carbons (Fsp3) is 0.188. The normalized spacial score (nSPS) is 17.4. The van der Waals surface area contributed by atoms with E-state index in [-0.39, 0.29) is 11.9 Å². The quantitative estimate of drug-likeness (QED) is 0.896. The highest BCUT2D eigenvalue weighted by molar-refractivity contribution is 7.99. The van der Waals surface area contributed by atoms with Crippen molar-refractivity contribution in [2.45, 2.75) is 17.4 Å². The molecule has 0 saturated heterocycles. The molecule has 0 radical (unpaired) electrons. The van der Waals surface area contributed by atoms with Crippen molar-refractivity contribution in [2.75, 3.05) is 5.75 Å². The summed E-state index contributed by atoms with van der Waals surface area (Å²) in [7, 11) is 0. The van der Waals surface area contributed by atoms with Crippen LogP contribution < -0.4 is 5.32 Å². The van der Waals surface area contributed by atoms with E-state index in [0.717, 1.165) is 12.2 Å². The molecule has 1 N–H and O–H groups in total. The van der Waals surface area contributed by atoms with Gasteiger partial charge in [0.15, 0.2) is 0 Å². The molecule has 0 aromatic heterocycles. The van der Waals surface area contributed by atoms with Crippen LogP contribution >= 0.6 is 23.4 Å². The van der Waals surface area contributed by atoms with Gasteiger partial charge in [0.2, 0.25) is 0 Å². The van der Waals surface area contributed by atoms with Crippen LogP contribution in [0.3, 0.4) is 0 Å². The molecule has 0 unspecified atom stereocenters. The summed E-state index contributed by atoms with van der Waals surface area (Å²) in [6.45, 7) is 0. The lowest BCUT2D eigenvalue weighted by Crippen LogP contribution is -2.30. The van der Waals surface area contributed by atoms with Crippen molar-refractivity contribution in [3.05, 3.63) is 64.7 Å². The molecular weight excluding hydrogens is 290 g/mol. The van der Waals surface area contributed by atoms with Crippen molar-refractivity contribution in [2.24, 2.45) is 0 Å². The predicted octanol–water partition coefficient (Wildman–Crippen LogP) is 4.31. The Labute approximate surface area is 127 Å². The van der Waals surface area contributed by atoms with E-state index in [9.17, 15) is 4.79 Å². The summed E-state index contributed by atoms with van der Waals surface area (Å²) in [6, 6.07) is 15.3. The molecule has 1 aliphatic rings. The van der Waals surface area contributed by atoms with Crippen LogP contribution in [0.1, 0.15) is 28.4 Å². The van der Waals surface area contributed by atoms with Crippen molar-refractivity contribution in [3.8, 4) is 0 Å². The standard InChI is InChI=1S/C16H14ClNOS/c17-12-7-5-11(6-8-12)16(19)18-14-9-10-20-15-4-2-1-3-13(14)15/h1-8,14H,9-10H2,(H,18,19)/t14-/m0/s1. The maximum Gasteiger partial charge on any atom is 0.251 e. The van der Waals surface area contributed by atoms with Gasteiger partial charge in [0.1, 0.15) is 0 Å². The summed E-state index contributed by atoms with van der Waals surface area (Å²) < 4.78 is 0. The van der Waals surface area contributed by atoms with E-state index < -0.39 is 0 Å². The Balaban J connectivity index is 1.79. The third kappa shape index (κ3) is 2.84. The predicted molar refractivity (Wildman–Crippen MR) is 83.4 cm³/mol. The second-order valence-electron chi connectivity index (χ2n) is 4.71. The minimum atomic E-state index is -0.0478. The number of carbonyl (C=O) groups excluding carboxylic acids is 1. The van der Waals surface area contributed by atoms with Crippen molar-refractivity contribution in [3.63, 3.8) is 0 Å².